The molecule has 0 N–H and O–H groups in total. The SMILES string of the molecule is CC(C)N1CCN(C2[CH]CC2)CC1. The van der Waals surface area contributed by atoms with Crippen LogP contribution in [-0.2, 0) is 0 Å². The molecular formula is C11H21N2. The molecule has 2 aliphatic rings. The van der Waals surface area contributed by atoms with Crippen molar-refractivity contribution in [2.24, 2.45) is 0 Å². The van der Waals surface area contributed by atoms with Crippen molar-refractivity contribution in [2.45, 2.75) is 38.8 Å². The molecule has 1 radical (unpaired) electrons. The summed E-state index contributed by atoms with van der Waals surface area (Å²) >= 11 is 0. The molecule has 2 nitrogen and oxygen atoms in total. The molecule has 0 amide bonds. The van der Waals surface area contributed by atoms with Crippen LogP contribution in [0.2, 0.25) is 0 Å². The van der Waals surface area contributed by atoms with Crippen molar-refractivity contribution in [3.63, 3.8) is 0 Å². The fourth-order valence-electron chi connectivity index (χ4n) is 2.23. The van der Waals surface area contributed by atoms with Crippen LogP contribution in [-0.4, -0.2) is 48.1 Å². The van der Waals surface area contributed by atoms with E-state index in [9.17, 15) is 0 Å². The van der Waals surface area contributed by atoms with E-state index in [0.717, 1.165) is 12.1 Å². The largest absolute Gasteiger partial charge is 0.298 e. The second kappa shape index (κ2) is 3.97. The Hall–Kier alpha value is -0.0800. The van der Waals surface area contributed by atoms with Crippen molar-refractivity contribution in [1.29, 1.82) is 0 Å². The third kappa shape index (κ3) is 2.05. The zero-order valence-electron chi connectivity index (χ0n) is 8.87. The number of hydrogen-bond acceptors (Lipinski definition) is 2. The lowest BCUT2D eigenvalue weighted by Crippen LogP contribution is -2.53. The van der Waals surface area contributed by atoms with E-state index in [2.05, 4.69) is 30.1 Å². The highest BCUT2D eigenvalue weighted by molar-refractivity contribution is 4.96. The van der Waals surface area contributed by atoms with Crippen LogP contribution in [0.15, 0.2) is 0 Å². The van der Waals surface area contributed by atoms with Gasteiger partial charge in [-0.05, 0) is 33.1 Å². The summed E-state index contributed by atoms with van der Waals surface area (Å²) < 4.78 is 0. The highest BCUT2D eigenvalue weighted by Crippen LogP contribution is 2.24. The van der Waals surface area contributed by atoms with Crippen molar-refractivity contribution in [1.82, 2.24) is 9.80 Å². The maximum atomic E-state index is 2.64. The van der Waals surface area contributed by atoms with Gasteiger partial charge in [-0.15, -0.1) is 0 Å². The fraction of sp³-hybridized carbons (Fsp3) is 0.909. The lowest BCUT2D eigenvalue weighted by atomic mass is 9.91. The average molecular weight is 181 g/mol. The molecule has 1 saturated carbocycles. The molecule has 2 rings (SSSR count). The first kappa shape index (κ1) is 9.47. The molecule has 0 bridgehead atoms. The van der Waals surface area contributed by atoms with E-state index in [4.69, 9.17) is 0 Å². The molecule has 0 aromatic heterocycles. The number of hydrogen-bond donors (Lipinski definition) is 0. The van der Waals surface area contributed by atoms with Crippen LogP contribution in [0.1, 0.15) is 26.7 Å². The minimum absolute atomic E-state index is 0.729. The van der Waals surface area contributed by atoms with E-state index < -0.39 is 0 Å². The second-order valence-corrected chi connectivity index (χ2v) is 4.55. The Bertz CT molecular complexity index is 155. The van der Waals surface area contributed by atoms with Gasteiger partial charge in [0.05, 0.1) is 0 Å². The topological polar surface area (TPSA) is 6.48 Å². The van der Waals surface area contributed by atoms with Gasteiger partial charge in [0.2, 0.25) is 0 Å². The van der Waals surface area contributed by atoms with Gasteiger partial charge in [-0.2, -0.15) is 0 Å². The molecule has 1 atom stereocenters. The smallest absolute Gasteiger partial charge is 0.0128 e. The molecule has 13 heavy (non-hydrogen) atoms. The highest BCUT2D eigenvalue weighted by atomic mass is 15.3. The molecule has 0 aromatic rings. The third-order valence-corrected chi connectivity index (χ3v) is 3.45. The minimum atomic E-state index is 0.729. The maximum Gasteiger partial charge on any atom is 0.0128 e. The van der Waals surface area contributed by atoms with Gasteiger partial charge in [-0.1, -0.05) is 0 Å². The number of piperazine rings is 1. The van der Waals surface area contributed by atoms with Crippen LogP contribution in [0.5, 0.6) is 0 Å². The lowest BCUT2D eigenvalue weighted by molar-refractivity contribution is 0.0709. The Kier molecular flexibility index (Phi) is 2.89. The van der Waals surface area contributed by atoms with Crippen molar-refractivity contribution in [3.8, 4) is 0 Å². The van der Waals surface area contributed by atoms with Gasteiger partial charge in [0.1, 0.15) is 0 Å². The molecule has 75 valence electrons. The Morgan fingerprint density at radius 3 is 2.15 bits per heavy atom. The van der Waals surface area contributed by atoms with Crippen molar-refractivity contribution in [3.05, 3.63) is 6.42 Å². The van der Waals surface area contributed by atoms with Crippen molar-refractivity contribution in [2.75, 3.05) is 26.2 Å². The van der Waals surface area contributed by atoms with E-state index in [1.165, 1.54) is 39.0 Å². The van der Waals surface area contributed by atoms with Crippen LogP contribution in [0.4, 0.5) is 0 Å². The number of rotatable bonds is 2. The number of nitrogens with zero attached hydrogens (tertiary/aromatic N) is 2. The summed E-state index contributed by atoms with van der Waals surface area (Å²) in [6.45, 7) is 9.68. The molecule has 2 fully saturated rings. The van der Waals surface area contributed by atoms with E-state index >= 15 is 0 Å². The quantitative estimate of drug-likeness (QED) is 0.635. The van der Waals surface area contributed by atoms with Gasteiger partial charge in [0.15, 0.2) is 0 Å². The summed E-state index contributed by atoms with van der Waals surface area (Å²) in [5, 5.41) is 0. The molecule has 1 aliphatic carbocycles. The lowest BCUT2D eigenvalue weighted by Gasteiger charge is -2.43. The molecule has 1 unspecified atom stereocenters. The summed E-state index contributed by atoms with van der Waals surface area (Å²) in [6, 6.07) is 1.56. The second-order valence-electron chi connectivity index (χ2n) is 4.55. The normalized spacial score (nSPS) is 27.9. The molecular weight excluding hydrogens is 160 g/mol. The first-order valence-corrected chi connectivity index (χ1v) is 5.59. The van der Waals surface area contributed by atoms with Gasteiger partial charge in [-0.25, -0.2) is 0 Å². The van der Waals surface area contributed by atoms with Gasteiger partial charge < -0.3 is 0 Å². The van der Waals surface area contributed by atoms with Crippen molar-refractivity contribution < 1.29 is 0 Å². The van der Waals surface area contributed by atoms with Crippen LogP contribution < -0.4 is 0 Å². The minimum Gasteiger partial charge on any atom is -0.298 e. The molecule has 0 spiro atoms. The maximum absolute atomic E-state index is 2.64. The van der Waals surface area contributed by atoms with E-state index in [-0.39, 0.29) is 0 Å². The highest BCUT2D eigenvalue weighted by Gasteiger charge is 2.28. The van der Waals surface area contributed by atoms with Gasteiger partial charge in [0.25, 0.3) is 0 Å². The summed E-state index contributed by atoms with van der Waals surface area (Å²) in [4.78, 5) is 5.22. The predicted molar refractivity (Wildman–Crippen MR) is 55.6 cm³/mol. The van der Waals surface area contributed by atoms with Crippen LogP contribution in [0.3, 0.4) is 0 Å². The summed E-state index contributed by atoms with van der Waals surface area (Å²) in [7, 11) is 0. The van der Waals surface area contributed by atoms with E-state index in [1.54, 1.807) is 0 Å². The monoisotopic (exact) mass is 181 g/mol. The Labute approximate surface area is 81.9 Å². The van der Waals surface area contributed by atoms with Crippen LogP contribution in [0.25, 0.3) is 0 Å². The fourth-order valence-corrected chi connectivity index (χ4v) is 2.23. The Morgan fingerprint density at radius 1 is 1.15 bits per heavy atom. The standard InChI is InChI=1S/C11H21N2/c1-10(2)12-6-8-13(9-7-12)11-4-3-5-11/h4,10-11H,3,5-9H2,1-2H3. The third-order valence-electron chi connectivity index (χ3n) is 3.45. The Balaban J connectivity index is 1.75. The molecule has 0 aromatic carbocycles. The Morgan fingerprint density at radius 2 is 1.77 bits per heavy atom. The zero-order valence-corrected chi connectivity index (χ0v) is 8.87. The molecule has 1 heterocycles. The predicted octanol–water partition coefficient (Wildman–Crippen LogP) is 1.38. The van der Waals surface area contributed by atoms with E-state index in [1.807, 2.05) is 0 Å². The van der Waals surface area contributed by atoms with E-state index in [0.29, 0.717) is 0 Å². The van der Waals surface area contributed by atoms with Crippen molar-refractivity contribution >= 4 is 0 Å². The summed E-state index contributed by atoms with van der Waals surface area (Å²) in [6.07, 6.45) is 5.21. The van der Waals surface area contributed by atoms with Gasteiger partial charge in [-0.3, -0.25) is 9.80 Å². The molecule has 1 aliphatic heterocycles. The first-order valence-electron chi connectivity index (χ1n) is 5.59. The summed E-state index contributed by atoms with van der Waals surface area (Å²) in [5.41, 5.74) is 0. The zero-order chi connectivity index (χ0) is 9.26. The van der Waals surface area contributed by atoms with Crippen LogP contribution >= 0.6 is 0 Å². The average Bonchev–Trinajstić information content (AvgIpc) is 2.02. The molecule has 1 saturated heterocycles. The van der Waals surface area contributed by atoms with Gasteiger partial charge >= 0.3 is 0 Å². The van der Waals surface area contributed by atoms with Crippen LogP contribution in [0, 0.1) is 6.42 Å². The first-order chi connectivity index (χ1) is 6.27. The molecule has 2 heteroatoms. The van der Waals surface area contributed by atoms with Gasteiger partial charge in [0, 0.05) is 38.3 Å². The summed E-state index contributed by atoms with van der Waals surface area (Å²) in [5.74, 6) is 0.